The van der Waals surface area contributed by atoms with Gasteiger partial charge in [-0.15, -0.1) is 0 Å². The molecule has 10 heavy (non-hydrogen) atoms. The zero-order valence-corrected chi connectivity index (χ0v) is 5.47. The molecule has 1 rings (SSSR count). The van der Waals surface area contributed by atoms with Gasteiger partial charge in [-0.3, -0.25) is 0 Å². The molecule has 0 saturated heterocycles. The normalized spacial score (nSPS) is 39.3. The van der Waals surface area contributed by atoms with Crippen molar-refractivity contribution in [1.82, 2.24) is 0 Å². The summed E-state index contributed by atoms with van der Waals surface area (Å²) in [5, 5.41) is 17.8. The van der Waals surface area contributed by atoms with E-state index in [2.05, 4.69) is 0 Å². The van der Waals surface area contributed by atoms with Crippen LogP contribution in [0.4, 0.5) is 0 Å². The summed E-state index contributed by atoms with van der Waals surface area (Å²) in [4.78, 5) is 0. The molecule has 0 aliphatic carbocycles. The van der Waals surface area contributed by atoms with Gasteiger partial charge in [0.05, 0.1) is 18.9 Å². The number of hydrogen-bond acceptors (Lipinski definition) is 4. The lowest BCUT2D eigenvalue weighted by atomic mass is 10.1. The molecule has 0 spiro atoms. The number of aliphatic hydroxyl groups is 2. The van der Waals surface area contributed by atoms with Crippen molar-refractivity contribution in [3.05, 3.63) is 12.3 Å². The second kappa shape index (κ2) is 3.01. The molecule has 0 aromatic heterocycles. The van der Waals surface area contributed by atoms with Crippen molar-refractivity contribution in [2.45, 2.75) is 18.2 Å². The van der Waals surface area contributed by atoms with Crippen LogP contribution in [-0.4, -0.2) is 35.1 Å². The third kappa shape index (κ3) is 1.29. The SMILES string of the molecule is N[C@@H]1C=CO[C@H](CO)[C@H]1O. The van der Waals surface area contributed by atoms with E-state index in [0.29, 0.717) is 0 Å². The summed E-state index contributed by atoms with van der Waals surface area (Å²) >= 11 is 0. The van der Waals surface area contributed by atoms with Gasteiger partial charge < -0.3 is 20.7 Å². The number of nitrogens with two attached hydrogens (primary N) is 1. The van der Waals surface area contributed by atoms with Crippen LogP contribution >= 0.6 is 0 Å². The largest absolute Gasteiger partial charge is 0.493 e. The summed E-state index contributed by atoms with van der Waals surface area (Å²) < 4.78 is 4.85. The molecular weight excluding hydrogens is 134 g/mol. The first-order valence-electron chi connectivity index (χ1n) is 3.12. The Balaban J connectivity index is 2.56. The Labute approximate surface area is 58.9 Å². The Hall–Kier alpha value is -0.580. The minimum absolute atomic E-state index is 0.209. The molecule has 0 amide bonds. The average molecular weight is 145 g/mol. The van der Waals surface area contributed by atoms with Crippen molar-refractivity contribution in [2.75, 3.05) is 6.61 Å². The van der Waals surface area contributed by atoms with Gasteiger partial charge >= 0.3 is 0 Å². The van der Waals surface area contributed by atoms with Gasteiger partial charge in [0.1, 0.15) is 12.2 Å². The van der Waals surface area contributed by atoms with Crippen LogP contribution in [0.1, 0.15) is 0 Å². The Kier molecular flexibility index (Phi) is 2.26. The number of hydrogen-bond donors (Lipinski definition) is 3. The van der Waals surface area contributed by atoms with Gasteiger partial charge in [0.25, 0.3) is 0 Å². The molecule has 0 bridgehead atoms. The molecule has 1 heterocycles. The molecule has 58 valence electrons. The highest BCUT2D eigenvalue weighted by Gasteiger charge is 2.26. The molecule has 4 nitrogen and oxygen atoms in total. The molecule has 1 aliphatic heterocycles. The predicted octanol–water partition coefficient (Wildman–Crippen LogP) is -1.42. The van der Waals surface area contributed by atoms with E-state index in [9.17, 15) is 5.11 Å². The van der Waals surface area contributed by atoms with Gasteiger partial charge in [-0.2, -0.15) is 0 Å². The van der Waals surface area contributed by atoms with Crippen LogP contribution in [0.5, 0.6) is 0 Å². The van der Waals surface area contributed by atoms with Crippen molar-refractivity contribution in [1.29, 1.82) is 0 Å². The highest BCUT2D eigenvalue weighted by molar-refractivity contribution is 4.99. The second-order valence-electron chi connectivity index (χ2n) is 2.25. The van der Waals surface area contributed by atoms with Gasteiger partial charge in [-0.25, -0.2) is 0 Å². The quantitative estimate of drug-likeness (QED) is 0.423. The number of ether oxygens (including phenoxy) is 1. The fourth-order valence-electron chi connectivity index (χ4n) is 0.830. The zero-order valence-electron chi connectivity index (χ0n) is 5.47. The molecule has 3 atom stereocenters. The maximum Gasteiger partial charge on any atom is 0.148 e. The molecule has 0 saturated carbocycles. The first-order valence-corrected chi connectivity index (χ1v) is 3.12. The van der Waals surface area contributed by atoms with E-state index < -0.39 is 18.2 Å². The third-order valence-electron chi connectivity index (χ3n) is 1.51. The molecule has 0 unspecified atom stereocenters. The first kappa shape index (κ1) is 7.53. The summed E-state index contributed by atoms with van der Waals surface area (Å²) in [7, 11) is 0. The van der Waals surface area contributed by atoms with E-state index in [-0.39, 0.29) is 6.61 Å². The van der Waals surface area contributed by atoms with Crippen molar-refractivity contribution in [3.8, 4) is 0 Å². The summed E-state index contributed by atoms with van der Waals surface area (Å²) in [6.45, 7) is -0.209. The highest BCUT2D eigenvalue weighted by atomic mass is 16.5. The van der Waals surface area contributed by atoms with Gasteiger partial charge in [0.2, 0.25) is 0 Å². The van der Waals surface area contributed by atoms with Crippen molar-refractivity contribution < 1.29 is 14.9 Å². The fourth-order valence-corrected chi connectivity index (χ4v) is 0.830. The van der Waals surface area contributed by atoms with E-state index in [1.807, 2.05) is 0 Å². The van der Waals surface area contributed by atoms with Crippen LogP contribution < -0.4 is 5.73 Å². The second-order valence-corrected chi connectivity index (χ2v) is 2.25. The summed E-state index contributed by atoms with van der Waals surface area (Å²) in [6.07, 6.45) is 1.59. The van der Waals surface area contributed by atoms with Crippen LogP contribution in [0, 0.1) is 0 Å². The van der Waals surface area contributed by atoms with Crippen LogP contribution in [0.3, 0.4) is 0 Å². The average Bonchev–Trinajstić information content (AvgIpc) is 1.95. The van der Waals surface area contributed by atoms with Gasteiger partial charge in [0.15, 0.2) is 0 Å². The van der Waals surface area contributed by atoms with E-state index in [1.165, 1.54) is 6.26 Å². The summed E-state index contributed by atoms with van der Waals surface area (Å²) in [5.74, 6) is 0. The smallest absolute Gasteiger partial charge is 0.148 e. The van der Waals surface area contributed by atoms with E-state index >= 15 is 0 Å². The molecule has 0 aromatic carbocycles. The lowest BCUT2D eigenvalue weighted by Crippen LogP contribution is -2.46. The van der Waals surface area contributed by atoms with Gasteiger partial charge in [-0.1, -0.05) is 0 Å². The maximum atomic E-state index is 9.18. The number of aliphatic hydroxyl groups excluding tert-OH is 2. The standard InChI is InChI=1S/C6H11NO3/c7-4-1-2-10-5(3-8)6(4)9/h1-2,4-6,8-9H,3,7H2/t4-,5-,6+/m1/s1. The van der Waals surface area contributed by atoms with Crippen LogP contribution in [0.15, 0.2) is 12.3 Å². The Morgan fingerprint density at radius 3 is 2.80 bits per heavy atom. The van der Waals surface area contributed by atoms with Crippen molar-refractivity contribution in [3.63, 3.8) is 0 Å². The molecule has 0 radical (unpaired) electrons. The molecule has 0 aromatic rings. The Morgan fingerprint density at radius 2 is 2.30 bits per heavy atom. The Morgan fingerprint density at radius 1 is 1.60 bits per heavy atom. The molecule has 4 N–H and O–H groups in total. The van der Waals surface area contributed by atoms with Gasteiger partial charge in [-0.05, 0) is 6.08 Å². The minimum Gasteiger partial charge on any atom is -0.493 e. The van der Waals surface area contributed by atoms with Crippen molar-refractivity contribution in [2.24, 2.45) is 5.73 Å². The van der Waals surface area contributed by atoms with E-state index in [0.717, 1.165) is 0 Å². The lowest BCUT2D eigenvalue weighted by Gasteiger charge is -2.27. The fraction of sp³-hybridized carbons (Fsp3) is 0.667. The minimum atomic E-state index is -0.796. The lowest BCUT2D eigenvalue weighted by molar-refractivity contribution is -0.0387. The highest BCUT2D eigenvalue weighted by Crippen LogP contribution is 2.09. The van der Waals surface area contributed by atoms with Crippen LogP contribution in [0.2, 0.25) is 0 Å². The van der Waals surface area contributed by atoms with Crippen molar-refractivity contribution >= 4 is 0 Å². The molecule has 0 fully saturated rings. The third-order valence-corrected chi connectivity index (χ3v) is 1.51. The van der Waals surface area contributed by atoms with Crippen LogP contribution in [0.25, 0.3) is 0 Å². The molecule has 1 aliphatic rings. The number of rotatable bonds is 1. The topological polar surface area (TPSA) is 75.7 Å². The molecule has 4 heteroatoms. The van der Waals surface area contributed by atoms with E-state index in [1.54, 1.807) is 6.08 Å². The predicted molar refractivity (Wildman–Crippen MR) is 35.1 cm³/mol. The Bertz CT molecular complexity index is 137. The maximum absolute atomic E-state index is 9.18. The van der Waals surface area contributed by atoms with Gasteiger partial charge in [0, 0.05) is 0 Å². The summed E-state index contributed by atoms with van der Waals surface area (Å²) in [5.41, 5.74) is 5.42. The molecular formula is C6H11NO3. The summed E-state index contributed by atoms with van der Waals surface area (Å²) in [6, 6.07) is -0.425. The first-order chi connectivity index (χ1) is 4.75. The van der Waals surface area contributed by atoms with Crippen LogP contribution in [-0.2, 0) is 4.74 Å². The van der Waals surface area contributed by atoms with E-state index in [4.69, 9.17) is 15.6 Å². The zero-order chi connectivity index (χ0) is 7.56. The monoisotopic (exact) mass is 145 g/mol.